The summed E-state index contributed by atoms with van der Waals surface area (Å²) < 4.78 is 5.30. The van der Waals surface area contributed by atoms with Gasteiger partial charge in [0, 0.05) is 24.4 Å². The first-order chi connectivity index (χ1) is 10.0. The third-order valence-corrected chi connectivity index (χ3v) is 3.60. The molecule has 0 radical (unpaired) electrons. The molecule has 1 N–H and O–H groups in total. The average Bonchev–Trinajstić information content (AvgIpc) is 2.94. The molecular formula is C14H18N2O5. The minimum absolute atomic E-state index is 0.000562. The standard InChI is InChI=1S/C14H18N2O5/c1-2-6-15(13-9-21-8-12(13)14(17)18)10-4-3-5-11(7-10)16(19)20/h3-5,7,12-13H,2,6,8-9H2,1H3,(H,17,18). The molecule has 1 aliphatic heterocycles. The van der Waals surface area contributed by atoms with Gasteiger partial charge in [0.05, 0.1) is 24.2 Å². The zero-order valence-corrected chi connectivity index (χ0v) is 11.8. The van der Waals surface area contributed by atoms with Crippen LogP contribution in [-0.2, 0) is 9.53 Å². The van der Waals surface area contributed by atoms with Crippen LogP contribution in [0.15, 0.2) is 24.3 Å². The largest absolute Gasteiger partial charge is 0.481 e. The van der Waals surface area contributed by atoms with Crippen LogP contribution in [0.1, 0.15) is 13.3 Å². The van der Waals surface area contributed by atoms with Crippen molar-refractivity contribution in [3.8, 4) is 0 Å². The van der Waals surface area contributed by atoms with Gasteiger partial charge in [0.15, 0.2) is 0 Å². The molecule has 7 nitrogen and oxygen atoms in total. The van der Waals surface area contributed by atoms with E-state index in [2.05, 4.69) is 0 Å². The highest BCUT2D eigenvalue weighted by atomic mass is 16.6. The van der Waals surface area contributed by atoms with E-state index in [1.54, 1.807) is 12.1 Å². The SMILES string of the molecule is CCCN(c1cccc([N+](=O)[O-])c1)C1COCC1C(=O)O. The van der Waals surface area contributed by atoms with Crippen molar-refractivity contribution in [3.63, 3.8) is 0 Å². The molecule has 1 saturated heterocycles. The second-order valence-electron chi connectivity index (χ2n) is 5.02. The number of rotatable bonds is 6. The zero-order chi connectivity index (χ0) is 15.4. The Morgan fingerprint density at radius 2 is 2.29 bits per heavy atom. The lowest BCUT2D eigenvalue weighted by atomic mass is 10.0. The van der Waals surface area contributed by atoms with E-state index in [1.165, 1.54) is 12.1 Å². The van der Waals surface area contributed by atoms with Gasteiger partial charge < -0.3 is 14.7 Å². The number of nitro benzene ring substituents is 1. The molecule has 1 aromatic carbocycles. The molecule has 0 saturated carbocycles. The Kier molecular flexibility index (Phi) is 4.74. The Hall–Kier alpha value is -2.15. The van der Waals surface area contributed by atoms with E-state index < -0.39 is 16.8 Å². The summed E-state index contributed by atoms with van der Waals surface area (Å²) in [5.41, 5.74) is 0.659. The molecule has 0 amide bonds. The van der Waals surface area contributed by atoms with E-state index in [0.29, 0.717) is 18.8 Å². The maximum atomic E-state index is 11.3. The molecule has 1 aliphatic rings. The van der Waals surface area contributed by atoms with Crippen molar-refractivity contribution in [2.75, 3.05) is 24.7 Å². The summed E-state index contributed by atoms with van der Waals surface area (Å²) in [5.74, 6) is -1.51. The van der Waals surface area contributed by atoms with Gasteiger partial charge in [-0.1, -0.05) is 13.0 Å². The van der Waals surface area contributed by atoms with Crippen molar-refractivity contribution in [1.82, 2.24) is 0 Å². The minimum atomic E-state index is -0.899. The van der Waals surface area contributed by atoms with Gasteiger partial charge in [0.1, 0.15) is 5.92 Å². The Morgan fingerprint density at radius 1 is 1.52 bits per heavy atom. The van der Waals surface area contributed by atoms with Gasteiger partial charge in [0.2, 0.25) is 0 Å². The number of carbonyl (C=O) groups is 1. The van der Waals surface area contributed by atoms with Gasteiger partial charge in [-0.3, -0.25) is 14.9 Å². The van der Waals surface area contributed by atoms with Crippen LogP contribution < -0.4 is 4.90 Å². The van der Waals surface area contributed by atoms with Gasteiger partial charge in [-0.15, -0.1) is 0 Å². The fourth-order valence-corrected chi connectivity index (χ4v) is 2.60. The Balaban J connectivity index is 2.32. The number of aliphatic carboxylic acids is 1. The first-order valence-corrected chi connectivity index (χ1v) is 6.86. The molecule has 0 aliphatic carbocycles. The van der Waals surface area contributed by atoms with Crippen LogP contribution in [0, 0.1) is 16.0 Å². The molecule has 7 heteroatoms. The molecule has 0 spiro atoms. The van der Waals surface area contributed by atoms with E-state index >= 15 is 0 Å². The Morgan fingerprint density at radius 3 is 2.90 bits per heavy atom. The number of ether oxygens (including phenoxy) is 1. The van der Waals surface area contributed by atoms with Gasteiger partial charge in [0.25, 0.3) is 5.69 Å². The van der Waals surface area contributed by atoms with Crippen LogP contribution in [0.4, 0.5) is 11.4 Å². The number of nitro groups is 1. The molecule has 2 atom stereocenters. The van der Waals surface area contributed by atoms with Crippen molar-refractivity contribution in [3.05, 3.63) is 34.4 Å². The second kappa shape index (κ2) is 6.53. The van der Waals surface area contributed by atoms with Gasteiger partial charge in [-0.25, -0.2) is 0 Å². The van der Waals surface area contributed by atoms with Crippen molar-refractivity contribution in [2.24, 2.45) is 5.92 Å². The van der Waals surface area contributed by atoms with Crippen molar-refractivity contribution >= 4 is 17.3 Å². The molecule has 21 heavy (non-hydrogen) atoms. The van der Waals surface area contributed by atoms with Crippen LogP contribution in [0.25, 0.3) is 0 Å². The van der Waals surface area contributed by atoms with Crippen LogP contribution >= 0.6 is 0 Å². The normalized spacial score (nSPS) is 21.2. The van der Waals surface area contributed by atoms with Crippen LogP contribution in [0.3, 0.4) is 0 Å². The fourth-order valence-electron chi connectivity index (χ4n) is 2.60. The number of hydrogen-bond acceptors (Lipinski definition) is 5. The van der Waals surface area contributed by atoms with Gasteiger partial charge in [-0.2, -0.15) is 0 Å². The van der Waals surface area contributed by atoms with E-state index in [0.717, 1.165) is 6.42 Å². The van der Waals surface area contributed by atoms with E-state index in [1.807, 2.05) is 11.8 Å². The number of nitrogens with zero attached hydrogens (tertiary/aromatic N) is 2. The highest BCUT2D eigenvalue weighted by molar-refractivity contribution is 5.72. The van der Waals surface area contributed by atoms with E-state index in [9.17, 15) is 20.0 Å². The number of carboxylic acids is 1. The third-order valence-electron chi connectivity index (χ3n) is 3.60. The number of benzene rings is 1. The number of anilines is 1. The first-order valence-electron chi connectivity index (χ1n) is 6.86. The number of hydrogen-bond donors (Lipinski definition) is 1. The van der Waals surface area contributed by atoms with Crippen molar-refractivity contribution in [1.29, 1.82) is 0 Å². The highest BCUT2D eigenvalue weighted by Crippen LogP contribution is 2.28. The summed E-state index contributed by atoms with van der Waals surface area (Å²) >= 11 is 0. The summed E-state index contributed by atoms with van der Waals surface area (Å²) in [6.45, 7) is 3.10. The van der Waals surface area contributed by atoms with E-state index in [-0.39, 0.29) is 18.3 Å². The molecule has 2 rings (SSSR count). The Bertz CT molecular complexity index is 534. The smallest absolute Gasteiger partial charge is 0.311 e. The predicted octanol–water partition coefficient (Wildman–Crippen LogP) is 1.91. The van der Waals surface area contributed by atoms with Crippen LogP contribution in [-0.4, -0.2) is 41.8 Å². The predicted molar refractivity (Wildman–Crippen MR) is 76.5 cm³/mol. The lowest BCUT2D eigenvalue weighted by Crippen LogP contribution is -2.43. The van der Waals surface area contributed by atoms with E-state index in [4.69, 9.17) is 4.74 Å². The topological polar surface area (TPSA) is 92.9 Å². The lowest BCUT2D eigenvalue weighted by molar-refractivity contribution is -0.384. The van der Waals surface area contributed by atoms with Crippen molar-refractivity contribution in [2.45, 2.75) is 19.4 Å². The van der Waals surface area contributed by atoms with Crippen molar-refractivity contribution < 1.29 is 19.6 Å². The van der Waals surface area contributed by atoms with Gasteiger partial charge >= 0.3 is 5.97 Å². The minimum Gasteiger partial charge on any atom is -0.481 e. The highest BCUT2D eigenvalue weighted by Gasteiger charge is 2.38. The molecule has 0 bridgehead atoms. The summed E-state index contributed by atoms with van der Waals surface area (Å²) in [7, 11) is 0. The zero-order valence-electron chi connectivity index (χ0n) is 11.8. The summed E-state index contributed by atoms with van der Waals surface area (Å²) in [6.07, 6.45) is 0.811. The first kappa shape index (κ1) is 15.2. The average molecular weight is 294 g/mol. The third kappa shape index (κ3) is 3.30. The molecule has 0 aromatic heterocycles. The summed E-state index contributed by atoms with van der Waals surface area (Å²) in [4.78, 5) is 23.7. The second-order valence-corrected chi connectivity index (χ2v) is 5.02. The van der Waals surface area contributed by atoms with Crippen LogP contribution in [0.2, 0.25) is 0 Å². The molecule has 1 heterocycles. The molecule has 1 fully saturated rings. The monoisotopic (exact) mass is 294 g/mol. The molecule has 114 valence electrons. The number of non-ortho nitro benzene ring substituents is 1. The maximum absolute atomic E-state index is 11.3. The summed E-state index contributed by atoms with van der Waals surface area (Å²) in [5, 5.41) is 20.2. The Labute approximate surface area is 122 Å². The maximum Gasteiger partial charge on any atom is 0.311 e. The molecule has 1 aromatic rings. The lowest BCUT2D eigenvalue weighted by Gasteiger charge is -2.32. The molecule has 2 unspecified atom stereocenters. The number of carboxylic acid groups (broad SMARTS) is 1. The quantitative estimate of drug-likeness (QED) is 0.636. The molecular weight excluding hydrogens is 276 g/mol. The fraction of sp³-hybridized carbons (Fsp3) is 0.500. The summed E-state index contributed by atoms with van der Waals surface area (Å²) in [6, 6.07) is 5.98. The van der Waals surface area contributed by atoms with Crippen LogP contribution in [0.5, 0.6) is 0 Å². The van der Waals surface area contributed by atoms with Gasteiger partial charge in [-0.05, 0) is 12.5 Å².